The molecule has 0 unspecified atom stereocenters. The molecule has 0 aromatic heterocycles. The Kier molecular flexibility index (Phi) is 8.18. The van der Waals surface area contributed by atoms with E-state index >= 15 is 0 Å². The average Bonchev–Trinajstić information content (AvgIpc) is 2.76. The minimum atomic E-state index is -4.62. The van der Waals surface area contributed by atoms with Gasteiger partial charge in [-0.05, 0) is 24.3 Å². The standard InChI is InChI=1S/C19H15ClF3N3O7/c1-24-18(28)25-17(32-9-16(27)31-2)12-8-11(4-5-14(12)26(29)30)33-15-6-3-10(7-13(15)20)19(21,22)23/h3-8H,9H2,1-2H3,(H,24,28). The predicted molar refractivity (Wildman–Crippen MR) is 109 cm³/mol. The SMILES string of the molecule is CNC(=O)N=C(OCC(=O)OC)c1cc(Oc2ccc(C(F)(F)F)cc2Cl)ccc1[N+](=O)[O-]. The lowest BCUT2D eigenvalue weighted by Gasteiger charge is -2.13. The van der Waals surface area contributed by atoms with Crippen LogP contribution in [0.25, 0.3) is 0 Å². The lowest BCUT2D eigenvalue weighted by molar-refractivity contribution is -0.385. The van der Waals surface area contributed by atoms with Crippen LogP contribution in [0.3, 0.4) is 0 Å². The van der Waals surface area contributed by atoms with Crippen LogP contribution in [0.4, 0.5) is 23.7 Å². The molecular formula is C19H15ClF3N3O7. The first-order valence-electron chi connectivity index (χ1n) is 8.79. The van der Waals surface area contributed by atoms with Gasteiger partial charge in [0.25, 0.3) is 5.69 Å². The van der Waals surface area contributed by atoms with Crippen molar-refractivity contribution >= 4 is 35.2 Å². The summed E-state index contributed by atoms with van der Waals surface area (Å²) in [5.41, 5.74) is -1.91. The van der Waals surface area contributed by atoms with Gasteiger partial charge in [0.15, 0.2) is 6.61 Å². The molecule has 2 aromatic carbocycles. The molecule has 0 spiro atoms. The lowest BCUT2D eigenvalue weighted by atomic mass is 10.1. The number of nitro benzene ring substituents is 1. The van der Waals surface area contributed by atoms with Crippen LogP contribution >= 0.6 is 11.6 Å². The molecule has 0 atom stereocenters. The zero-order chi connectivity index (χ0) is 24.8. The van der Waals surface area contributed by atoms with Crippen LogP contribution < -0.4 is 10.1 Å². The Bertz CT molecular complexity index is 1110. The summed E-state index contributed by atoms with van der Waals surface area (Å²) >= 11 is 5.87. The summed E-state index contributed by atoms with van der Waals surface area (Å²) in [6, 6.07) is 4.61. The second-order valence-electron chi connectivity index (χ2n) is 6.02. The highest BCUT2D eigenvalue weighted by atomic mass is 35.5. The minimum absolute atomic E-state index is 0.108. The number of benzene rings is 2. The van der Waals surface area contributed by atoms with E-state index in [0.29, 0.717) is 6.07 Å². The normalized spacial score (nSPS) is 11.5. The summed E-state index contributed by atoms with van der Waals surface area (Å²) in [6.07, 6.45) is -4.62. The summed E-state index contributed by atoms with van der Waals surface area (Å²) in [4.78, 5) is 37.3. The molecule has 0 radical (unpaired) electrons. The van der Waals surface area contributed by atoms with Crippen molar-refractivity contribution in [2.24, 2.45) is 4.99 Å². The van der Waals surface area contributed by atoms with E-state index in [1.54, 1.807) is 0 Å². The fraction of sp³-hybridized carbons (Fsp3) is 0.211. The van der Waals surface area contributed by atoms with Crippen molar-refractivity contribution in [1.82, 2.24) is 5.32 Å². The first-order valence-corrected chi connectivity index (χ1v) is 9.17. The topological polar surface area (TPSA) is 129 Å². The smallest absolute Gasteiger partial charge is 0.416 e. The van der Waals surface area contributed by atoms with Crippen molar-refractivity contribution in [3.05, 3.63) is 62.7 Å². The van der Waals surface area contributed by atoms with Gasteiger partial charge in [0.1, 0.15) is 17.1 Å². The van der Waals surface area contributed by atoms with E-state index in [9.17, 15) is 32.9 Å². The number of hydrogen-bond donors (Lipinski definition) is 1. The molecule has 2 rings (SSSR count). The van der Waals surface area contributed by atoms with Crippen molar-refractivity contribution in [3.8, 4) is 11.5 Å². The maximum Gasteiger partial charge on any atom is 0.416 e. The Morgan fingerprint density at radius 3 is 2.45 bits per heavy atom. The molecule has 0 saturated heterocycles. The van der Waals surface area contributed by atoms with E-state index in [2.05, 4.69) is 15.0 Å². The van der Waals surface area contributed by atoms with Crippen molar-refractivity contribution in [2.45, 2.75) is 6.18 Å². The highest BCUT2D eigenvalue weighted by molar-refractivity contribution is 6.32. The van der Waals surface area contributed by atoms with Gasteiger partial charge in [-0.1, -0.05) is 11.6 Å². The fourth-order valence-corrected chi connectivity index (χ4v) is 2.52. The Balaban J connectivity index is 2.50. The first kappa shape index (κ1) is 25.4. The van der Waals surface area contributed by atoms with E-state index in [1.807, 2.05) is 0 Å². The number of nitrogens with one attached hydrogen (secondary N) is 1. The number of amides is 2. The number of carbonyl (C=O) groups is 2. The van der Waals surface area contributed by atoms with E-state index < -0.39 is 46.9 Å². The zero-order valence-corrected chi connectivity index (χ0v) is 17.7. The highest BCUT2D eigenvalue weighted by Crippen LogP contribution is 2.37. The molecule has 1 N–H and O–H groups in total. The van der Waals surface area contributed by atoms with Crippen LogP contribution in [0.15, 0.2) is 41.4 Å². The van der Waals surface area contributed by atoms with Crippen LogP contribution in [0, 0.1) is 10.1 Å². The number of urea groups is 1. The highest BCUT2D eigenvalue weighted by Gasteiger charge is 2.31. The van der Waals surface area contributed by atoms with Gasteiger partial charge in [-0.3, -0.25) is 10.1 Å². The Hall–Kier alpha value is -3.87. The molecule has 33 heavy (non-hydrogen) atoms. The number of nitrogens with zero attached hydrogens (tertiary/aromatic N) is 2. The molecule has 0 aliphatic heterocycles. The lowest BCUT2D eigenvalue weighted by Crippen LogP contribution is -2.21. The second kappa shape index (κ2) is 10.6. The second-order valence-corrected chi connectivity index (χ2v) is 6.43. The quantitative estimate of drug-likeness (QED) is 0.210. The maximum atomic E-state index is 12.8. The molecule has 14 heteroatoms. The Morgan fingerprint density at radius 1 is 1.21 bits per heavy atom. The molecule has 176 valence electrons. The van der Waals surface area contributed by atoms with Crippen LogP contribution in [-0.4, -0.2) is 43.6 Å². The molecule has 0 aliphatic carbocycles. The first-order chi connectivity index (χ1) is 15.5. The van der Waals surface area contributed by atoms with Gasteiger partial charge < -0.3 is 19.5 Å². The number of rotatable bonds is 6. The summed E-state index contributed by atoms with van der Waals surface area (Å²) in [7, 11) is 2.32. The number of aliphatic imine (C=N–C) groups is 1. The van der Waals surface area contributed by atoms with Crippen LogP contribution in [0.1, 0.15) is 11.1 Å². The molecule has 0 aliphatic rings. The average molecular weight is 490 g/mol. The van der Waals surface area contributed by atoms with E-state index in [4.69, 9.17) is 21.1 Å². The van der Waals surface area contributed by atoms with Crippen LogP contribution in [-0.2, 0) is 20.4 Å². The van der Waals surface area contributed by atoms with Crippen LogP contribution in [0.2, 0.25) is 5.02 Å². The van der Waals surface area contributed by atoms with Gasteiger partial charge in [0.05, 0.1) is 22.6 Å². The van der Waals surface area contributed by atoms with E-state index in [-0.39, 0.29) is 22.1 Å². The summed E-state index contributed by atoms with van der Waals surface area (Å²) in [5, 5.41) is 13.3. The number of hydrogen-bond acceptors (Lipinski definition) is 7. The molecule has 0 bridgehead atoms. The zero-order valence-electron chi connectivity index (χ0n) is 16.9. The van der Waals surface area contributed by atoms with Gasteiger partial charge in [-0.15, -0.1) is 0 Å². The van der Waals surface area contributed by atoms with Gasteiger partial charge in [-0.25, -0.2) is 9.59 Å². The summed E-state index contributed by atoms with van der Waals surface area (Å²) in [6.45, 7) is -0.723. The fourth-order valence-electron chi connectivity index (χ4n) is 2.30. The molecule has 0 fully saturated rings. The van der Waals surface area contributed by atoms with Gasteiger partial charge in [-0.2, -0.15) is 18.2 Å². The largest absolute Gasteiger partial charge is 0.466 e. The molecule has 2 aromatic rings. The monoisotopic (exact) mass is 489 g/mol. The summed E-state index contributed by atoms with van der Waals surface area (Å²) < 4.78 is 53.5. The maximum absolute atomic E-state index is 12.8. The molecule has 0 heterocycles. The van der Waals surface area contributed by atoms with Crippen molar-refractivity contribution in [3.63, 3.8) is 0 Å². The van der Waals surface area contributed by atoms with Crippen molar-refractivity contribution < 1.29 is 41.9 Å². The number of nitro groups is 1. The van der Waals surface area contributed by atoms with Gasteiger partial charge in [0, 0.05) is 19.2 Å². The number of ether oxygens (including phenoxy) is 3. The van der Waals surface area contributed by atoms with E-state index in [1.165, 1.54) is 7.05 Å². The van der Waals surface area contributed by atoms with E-state index in [0.717, 1.165) is 37.4 Å². The van der Waals surface area contributed by atoms with Crippen molar-refractivity contribution in [1.29, 1.82) is 0 Å². The minimum Gasteiger partial charge on any atom is -0.466 e. The number of esters is 1. The number of carbonyl (C=O) groups excluding carboxylic acids is 2. The van der Waals surface area contributed by atoms with Gasteiger partial charge in [0.2, 0.25) is 5.90 Å². The van der Waals surface area contributed by atoms with Crippen LogP contribution in [0.5, 0.6) is 11.5 Å². The Labute approximate surface area is 189 Å². The number of halogens is 4. The third-order valence-corrected chi connectivity index (χ3v) is 4.15. The molecule has 0 saturated carbocycles. The third-order valence-electron chi connectivity index (χ3n) is 3.85. The molecular weight excluding hydrogens is 475 g/mol. The van der Waals surface area contributed by atoms with Gasteiger partial charge >= 0.3 is 18.2 Å². The summed E-state index contributed by atoms with van der Waals surface area (Å²) in [5.74, 6) is -1.74. The molecule has 2 amide bonds. The predicted octanol–water partition coefficient (Wildman–Crippen LogP) is 4.33. The Morgan fingerprint density at radius 2 is 1.91 bits per heavy atom. The number of alkyl halides is 3. The molecule has 10 nitrogen and oxygen atoms in total. The number of methoxy groups -OCH3 is 1. The third kappa shape index (κ3) is 6.80. The van der Waals surface area contributed by atoms with Crippen molar-refractivity contribution in [2.75, 3.05) is 20.8 Å².